The van der Waals surface area contributed by atoms with Crippen LogP contribution in [0.4, 0.5) is 0 Å². The van der Waals surface area contributed by atoms with Gasteiger partial charge >= 0.3 is 0 Å². The lowest BCUT2D eigenvalue weighted by molar-refractivity contribution is 0.0300. The molecule has 0 saturated carbocycles. The number of fused-ring (bicyclic) bond motifs is 1. The highest BCUT2D eigenvalue weighted by molar-refractivity contribution is 6.13. The normalized spacial score (nSPS) is 28.7. The van der Waals surface area contributed by atoms with Gasteiger partial charge in [0.05, 0.1) is 36.9 Å². The Bertz CT molecular complexity index is 726. The Balaban J connectivity index is 1.56. The molecular weight excluding hydrogens is 310 g/mol. The van der Waals surface area contributed by atoms with E-state index in [0.717, 1.165) is 18.7 Å². The minimum absolute atomic E-state index is 0.129. The number of hydrogen-bond acceptors (Lipinski definition) is 9. The van der Waals surface area contributed by atoms with E-state index >= 15 is 0 Å². The highest BCUT2D eigenvalue weighted by atomic mass is 16.5. The van der Waals surface area contributed by atoms with Crippen molar-refractivity contribution in [2.24, 2.45) is 26.6 Å². The smallest absolute Gasteiger partial charge is 0.219 e. The van der Waals surface area contributed by atoms with E-state index in [2.05, 4.69) is 20.1 Å². The average Bonchev–Trinajstić information content (AvgIpc) is 3.23. The van der Waals surface area contributed by atoms with Crippen molar-refractivity contribution in [3.05, 3.63) is 29.6 Å². The van der Waals surface area contributed by atoms with Crippen molar-refractivity contribution < 1.29 is 9.47 Å². The third-order valence-corrected chi connectivity index (χ3v) is 4.19. The van der Waals surface area contributed by atoms with Crippen LogP contribution in [0.25, 0.3) is 0 Å². The molecule has 0 bridgehead atoms. The summed E-state index contributed by atoms with van der Waals surface area (Å²) in [6.45, 7) is 2.11. The molecular formula is C15H19N7O2. The molecule has 9 heteroatoms. The molecule has 126 valence electrons. The van der Waals surface area contributed by atoms with Crippen molar-refractivity contribution in [3.8, 4) is 0 Å². The summed E-state index contributed by atoms with van der Waals surface area (Å²) in [6.07, 6.45) is 2.67. The van der Waals surface area contributed by atoms with Gasteiger partial charge in [0.15, 0.2) is 11.4 Å². The topological polar surface area (TPSA) is 124 Å². The van der Waals surface area contributed by atoms with Gasteiger partial charge in [0, 0.05) is 6.61 Å². The first-order valence-electron chi connectivity index (χ1n) is 7.81. The second-order valence-electron chi connectivity index (χ2n) is 5.92. The highest BCUT2D eigenvalue weighted by Gasteiger charge is 2.43. The van der Waals surface area contributed by atoms with Crippen molar-refractivity contribution in [1.82, 2.24) is 9.99 Å². The number of pyridine rings is 1. The summed E-state index contributed by atoms with van der Waals surface area (Å²) in [5, 5.41) is 5.88. The first-order chi connectivity index (χ1) is 11.6. The number of aromatic nitrogens is 1. The predicted molar refractivity (Wildman–Crippen MR) is 88.4 cm³/mol. The molecule has 2 atom stereocenters. The van der Waals surface area contributed by atoms with Crippen molar-refractivity contribution >= 4 is 18.0 Å². The van der Waals surface area contributed by atoms with Crippen LogP contribution in [-0.2, 0) is 21.6 Å². The van der Waals surface area contributed by atoms with E-state index in [9.17, 15) is 0 Å². The third kappa shape index (κ3) is 2.66. The largest absolute Gasteiger partial charge is 0.379 e. The summed E-state index contributed by atoms with van der Waals surface area (Å²) in [4.78, 5) is 12.9. The second kappa shape index (κ2) is 5.93. The summed E-state index contributed by atoms with van der Waals surface area (Å²) in [5.74, 6) is 0.729. The van der Waals surface area contributed by atoms with Crippen LogP contribution in [0.1, 0.15) is 17.8 Å². The fraction of sp³-hybridized carbons (Fsp3) is 0.467. The van der Waals surface area contributed by atoms with Gasteiger partial charge in [-0.25, -0.2) is 10.0 Å². The molecule has 1 saturated heterocycles. The van der Waals surface area contributed by atoms with Crippen LogP contribution >= 0.6 is 0 Å². The minimum atomic E-state index is -1.02. The zero-order valence-corrected chi connectivity index (χ0v) is 13.1. The van der Waals surface area contributed by atoms with Crippen LogP contribution in [0.5, 0.6) is 0 Å². The van der Waals surface area contributed by atoms with Crippen LogP contribution in [0.15, 0.2) is 33.3 Å². The molecule has 1 fully saturated rings. The Morgan fingerprint density at radius 2 is 2.33 bits per heavy atom. The molecule has 24 heavy (non-hydrogen) atoms. The first kappa shape index (κ1) is 15.2. The number of rotatable bonds is 4. The fourth-order valence-electron chi connectivity index (χ4n) is 2.84. The zero-order chi connectivity index (χ0) is 16.6. The molecule has 9 nitrogen and oxygen atoms in total. The number of hydrazone groups is 1. The molecule has 2 unspecified atom stereocenters. The molecule has 0 amide bonds. The molecule has 0 aliphatic carbocycles. The maximum atomic E-state index is 6.53. The van der Waals surface area contributed by atoms with Crippen LogP contribution in [-0.4, -0.2) is 54.0 Å². The molecule has 3 aliphatic rings. The zero-order valence-electron chi connectivity index (χ0n) is 13.1. The summed E-state index contributed by atoms with van der Waals surface area (Å²) in [7, 11) is 0. The number of guanidine groups is 1. The Morgan fingerprint density at radius 1 is 1.42 bits per heavy atom. The number of ether oxygens (including phenoxy) is 2. The average molecular weight is 329 g/mol. The van der Waals surface area contributed by atoms with Gasteiger partial charge in [0.25, 0.3) is 0 Å². The molecule has 1 aromatic rings. The number of hydrogen-bond donors (Lipinski definition) is 2. The standard InChI is InChI=1S/C15H19N7O2/c16-14-18-9-22-13(21-14)15(17,8-19-22)12-3-1-2-10(20-12)6-24-11-4-5-23-7-11/h1-3,8,11H,4-7,9,17H2,(H2,16,18). The lowest BCUT2D eigenvalue weighted by atomic mass is 9.96. The molecule has 1 aromatic heterocycles. The van der Waals surface area contributed by atoms with Gasteiger partial charge in [-0.15, -0.1) is 0 Å². The van der Waals surface area contributed by atoms with E-state index < -0.39 is 5.54 Å². The van der Waals surface area contributed by atoms with Gasteiger partial charge in [0.1, 0.15) is 6.67 Å². The summed E-state index contributed by atoms with van der Waals surface area (Å²) >= 11 is 0. The fourth-order valence-corrected chi connectivity index (χ4v) is 2.84. The predicted octanol–water partition coefficient (Wildman–Crippen LogP) is -0.473. The minimum Gasteiger partial charge on any atom is -0.379 e. The van der Waals surface area contributed by atoms with Gasteiger partial charge in [0.2, 0.25) is 5.96 Å². The van der Waals surface area contributed by atoms with E-state index in [1.807, 2.05) is 18.2 Å². The van der Waals surface area contributed by atoms with E-state index in [1.54, 1.807) is 11.2 Å². The molecule has 3 aliphatic heterocycles. The highest BCUT2D eigenvalue weighted by Crippen LogP contribution is 2.26. The van der Waals surface area contributed by atoms with E-state index in [4.69, 9.17) is 20.9 Å². The van der Waals surface area contributed by atoms with Gasteiger partial charge in [-0.2, -0.15) is 10.1 Å². The molecule has 0 spiro atoms. The Hall–Kier alpha value is -2.36. The second-order valence-corrected chi connectivity index (χ2v) is 5.92. The number of amidine groups is 1. The maximum absolute atomic E-state index is 6.53. The van der Waals surface area contributed by atoms with Crippen molar-refractivity contribution in [2.45, 2.75) is 24.7 Å². The summed E-state index contributed by atoms with van der Waals surface area (Å²) in [5.41, 5.74) is 12.7. The molecule has 4 rings (SSSR count). The Morgan fingerprint density at radius 3 is 3.17 bits per heavy atom. The summed E-state index contributed by atoms with van der Waals surface area (Å²) < 4.78 is 11.1. The lowest BCUT2D eigenvalue weighted by Crippen LogP contribution is -2.50. The number of nitrogens with zero attached hydrogens (tertiary/aromatic N) is 5. The van der Waals surface area contributed by atoms with Crippen molar-refractivity contribution in [2.75, 3.05) is 19.9 Å². The monoisotopic (exact) mass is 329 g/mol. The van der Waals surface area contributed by atoms with Crippen LogP contribution in [0, 0.1) is 0 Å². The van der Waals surface area contributed by atoms with Crippen LogP contribution < -0.4 is 11.5 Å². The number of nitrogens with two attached hydrogens (primary N) is 2. The molecule has 4 N–H and O–H groups in total. The molecule has 0 aromatic carbocycles. The van der Waals surface area contributed by atoms with Crippen LogP contribution in [0.3, 0.4) is 0 Å². The quantitative estimate of drug-likeness (QED) is 0.769. The first-order valence-corrected chi connectivity index (χ1v) is 7.81. The Kier molecular flexibility index (Phi) is 3.75. The third-order valence-electron chi connectivity index (χ3n) is 4.19. The maximum Gasteiger partial charge on any atom is 0.219 e. The van der Waals surface area contributed by atoms with Gasteiger partial charge in [-0.3, -0.25) is 4.98 Å². The van der Waals surface area contributed by atoms with E-state index in [-0.39, 0.29) is 12.1 Å². The van der Waals surface area contributed by atoms with E-state index in [1.165, 1.54) is 0 Å². The van der Waals surface area contributed by atoms with E-state index in [0.29, 0.717) is 31.4 Å². The van der Waals surface area contributed by atoms with Crippen LogP contribution in [0.2, 0.25) is 0 Å². The summed E-state index contributed by atoms with van der Waals surface area (Å²) in [6, 6.07) is 5.66. The van der Waals surface area contributed by atoms with Gasteiger partial charge in [-0.05, 0) is 18.6 Å². The van der Waals surface area contributed by atoms with Gasteiger partial charge < -0.3 is 20.9 Å². The van der Waals surface area contributed by atoms with Crippen molar-refractivity contribution in [3.63, 3.8) is 0 Å². The number of aliphatic imine (C=N–C) groups is 2. The lowest BCUT2D eigenvalue weighted by Gasteiger charge is -2.26. The molecule has 0 radical (unpaired) electrons. The van der Waals surface area contributed by atoms with Gasteiger partial charge in [-0.1, -0.05) is 6.07 Å². The SMILES string of the molecule is NC1=NCN2N=CC(N)(c3cccc(COC4CCOC4)n3)C2=N1. The van der Waals surface area contributed by atoms with Crippen molar-refractivity contribution in [1.29, 1.82) is 0 Å². The Labute approximate surface area is 139 Å². The molecule has 4 heterocycles.